The fraction of sp³-hybridized carbons (Fsp3) is 0.650. The quantitative estimate of drug-likeness (QED) is 0.337. The van der Waals surface area contributed by atoms with E-state index in [1.165, 1.54) is 5.56 Å². The zero-order chi connectivity index (χ0) is 18.9. The standard InChI is InChI=1S/C20H35N3O2.HI/c1-8-21-19(23-14-18(25-7)20(3,4)5)22-13-15(2)16-11-9-10-12-17(16)24-6;/h9-12,15,18H,8,13-14H2,1-7H3,(H2,21,22,23);1H. The molecule has 150 valence electrons. The topological polar surface area (TPSA) is 54.9 Å². The number of nitrogens with zero attached hydrogens (tertiary/aromatic N) is 1. The Hall–Kier alpha value is -1.02. The number of benzene rings is 1. The first kappa shape index (κ1) is 25.0. The zero-order valence-corrected chi connectivity index (χ0v) is 19.6. The van der Waals surface area contributed by atoms with Gasteiger partial charge in [0.05, 0.1) is 19.8 Å². The summed E-state index contributed by atoms with van der Waals surface area (Å²) in [5.41, 5.74) is 1.25. The molecule has 0 aromatic heterocycles. The van der Waals surface area contributed by atoms with Crippen LogP contribution in [-0.4, -0.2) is 45.9 Å². The summed E-state index contributed by atoms with van der Waals surface area (Å²) < 4.78 is 11.1. The van der Waals surface area contributed by atoms with Gasteiger partial charge in [-0.1, -0.05) is 45.9 Å². The van der Waals surface area contributed by atoms with Crippen molar-refractivity contribution in [3.8, 4) is 5.75 Å². The smallest absolute Gasteiger partial charge is 0.191 e. The summed E-state index contributed by atoms with van der Waals surface area (Å²) in [6.07, 6.45) is 0.0783. The van der Waals surface area contributed by atoms with Crippen LogP contribution in [0.2, 0.25) is 0 Å². The predicted octanol–water partition coefficient (Wildman–Crippen LogP) is 4.03. The van der Waals surface area contributed by atoms with Crippen LogP contribution in [0, 0.1) is 5.41 Å². The number of hydrogen-bond acceptors (Lipinski definition) is 3. The summed E-state index contributed by atoms with van der Waals surface area (Å²) in [4.78, 5) is 4.70. The average molecular weight is 477 g/mol. The van der Waals surface area contributed by atoms with Crippen LogP contribution in [0.25, 0.3) is 0 Å². The van der Waals surface area contributed by atoms with E-state index in [1.54, 1.807) is 14.2 Å². The van der Waals surface area contributed by atoms with E-state index in [-0.39, 0.29) is 35.5 Å². The molecular weight excluding hydrogens is 441 g/mol. The molecule has 2 N–H and O–H groups in total. The first-order valence-electron chi connectivity index (χ1n) is 9.01. The molecule has 0 bridgehead atoms. The van der Waals surface area contributed by atoms with Gasteiger partial charge < -0.3 is 20.1 Å². The summed E-state index contributed by atoms with van der Waals surface area (Å²) in [5, 5.41) is 6.73. The summed E-state index contributed by atoms with van der Waals surface area (Å²) >= 11 is 0. The minimum Gasteiger partial charge on any atom is -0.496 e. The van der Waals surface area contributed by atoms with Crippen molar-refractivity contribution in [3.05, 3.63) is 29.8 Å². The zero-order valence-electron chi connectivity index (χ0n) is 17.3. The minimum atomic E-state index is 0. The Balaban J connectivity index is 0.00000625. The van der Waals surface area contributed by atoms with E-state index in [0.717, 1.165) is 24.8 Å². The lowest BCUT2D eigenvalue weighted by atomic mass is 9.89. The molecule has 5 nitrogen and oxygen atoms in total. The monoisotopic (exact) mass is 477 g/mol. The van der Waals surface area contributed by atoms with E-state index in [1.807, 2.05) is 18.2 Å². The van der Waals surface area contributed by atoms with Gasteiger partial charge in [0.15, 0.2) is 5.96 Å². The molecular formula is C20H36IN3O2. The Morgan fingerprint density at radius 3 is 2.35 bits per heavy atom. The van der Waals surface area contributed by atoms with Crippen LogP contribution in [0.4, 0.5) is 0 Å². The summed E-state index contributed by atoms with van der Waals surface area (Å²) in [6.45, 7) is 13.0. The SMILES string of the molecule is CCNC(=NCC(OC)C(C)(C)C)NCC(C)c1ccccc1OC.I. The lowest BCUT2D eigenvalue weighted by Gasteiger charge is -2.28. The van der Waals surface area contributed by atoms with Crippen molar-refractivity contribution in [1.82, 2.24) is 10.6 Å². The third-order valence-electron chi connectivity index (χ3n) is 4.26. The second-order valence-corrected chi connectivity index (χ2v) is 7.33. The molecule has 0 saturated heterocycles. The maximum Gasteiger partial charge on any atom is 0.191 e. The Morgan fingerprint density at radius 1 is 1.15 bits per heavy atom. The van der Waals surface area contributed by atoms with Crippen molar-refractivity contribution in [2.45, 2.75) is 46.6 Å². The molecule has 0 fully saturated rings. The highest BCUT2D eigenvalue weighted by atomic mass is 127. The predicted molar refractivity (Wildman–Crippen MR) is 121 cm³/mol. The number of rotatable bonds is 8. The molecule has 2 unspecified atom stereocenters. The molecule has 0 aliphatic carbocycles. The molecule has 0 saturated carbocycles. The normalized spacial score (nSPS) is 14.2. The number of guanidine groups is 1. The summed E-state index contributed by atoms with van der Waals surface area (Å²) in [7, 11) is 3.46. The molecule has 1 aromatic rings. The summed E-state index contributed by atoms with van der Waals surface area (Å²) in [6, 6.07) is 8.14. The number of para-hydroxylation sites is 1. The molecule has 6 heteroatoms. The Morgan fingerprint density at radius 2 is 1.81 bits per heavy atom. The van der Waals surface area contributed by atoms with Gasteiger partial charge in [-0.25, -0.2) is 0 Å². The van der Waals surface area contributed by atoms with E-state index in [9.17, 15) is 0 Å². The lowest BCUT2D eigenvalue weighted by molar-refractivity contribution is 0.0241. The molecule has 0 amide bonds. The van der Waals surface area contributed by atoms with Gasteiger partial charge in [0.2, 0.25) is 0 Å². The molecule has 2 atom stereocenters. The van der Waals surface area contributed by atoms with Crippen LogP contribution in [0.15, 0.2) is 29.3 Å². The first-order valence-corrected chi connectivity index (χ1v) is 9.01. The molecule has 1 rings (SSSR count). The van der Waals surface area contributed by atoms with Gasteiger partial charge in [-0.2, -0.15) is 0 Å². The van der Waals surface area contributed by atoms with Crippen molar-refractivity contribution in [2.24, 2.45) is 10.4 Å². The van der Waals surface area contributed by atoms with Gasteiger partial charge in [0, 0.05) is 26.1 Å². The van der Waals surface area contributed by atoms with Crippen LogP contribution in [-0.2, 0) is 4.74 Å². The highest BCUT2D eigenvalue weighted by Crippen LogP contribution is 2.25. The maximum absolute atomic E-state index is 5.59. The molecule has 26 heavy (non-hydrogen) atoms. The highest BCUT2D eigenvalue weighted by Gasteiger charge is 2.24. The lowest BCUT2D eigenvalue weighted by Crippen LogP contribution is -2.40. The van der Waals surface area contributed by atoms with E-state index >= 15 is 0 Å². The van der Waals surface area contributed by atoms with Gasteiger partial charge in [0.25, 0.3) is 0 Å². The van der Waals surface area contributed by atoms with Gasteiger partial charge in [-0.3, -0.25) is 4.99 Å². The molecule has 0 radical (unpaired) electrons. The molecule has 0 heterocycles. The first-order chi connectivity index (χ1) is 11.8. The van der Waals surface area contributed by atoms with Crippen molar-refractivity contribution < 1.29 is 9.47 Å². The third kappa shape index (κ3) is 8.12. The van der Waals surface area contributed by atoms with Gasteiger partial charge in [-0.05, 0) is 24.0 Å². The largest absolute Gasteiger partial charge is 0.496 e. The molecule has 0 aliphatic rings. The van der Waals surface area contributed by atoms with Crippen molar-refractivity contribution in [3.63, 3.8) is 0 Å². The second kappa shape index (κ2) is 12.4. The Bertz CT molecular complexity index is 544. The van der Waals surface area contributed by atoms with Crippen molar-refractivity contribution >= 4 is 29.9 Å². The second-order valence-electron chi connectivity index (χ2n) is 7.33. The number of ether oxygens (including phenoxy) is 2. The average Bonchev–Trinajstić information content (AvgIpc) is 2.58. The van der Waals surface area contributed by atoms with E-state index in [0.29, 0.717) is 12.5 Å². The number of halogens is 1. The molecule has 1 aromatic carbocycles. The number of nitrogens with one attached hydrogen (secondary N) is 2. The van der Waals surface area contributed by atoms with Crippen LogP contribution >= 0.6 is 24.0 Å². The van der Waals surface area contributed by atoms with Gasteiger partial charge in [-0.15, -0.1) is 24.0 Å². The van der Waals surface area contributed by atoms with Crippen molar-refractivity contribution in [2.75, 3.05) is 33.9 Å². The Kier molecular flexibility index (Phi) is 11.9. The summed E-state index contributed by atoms with van der Waals surface area (Å²) in [5.74, 6) is 2.04. The highest BCUT2D eigenvalue weighted by molar-refractivity contribution is 14.0. The van der Waals surface area contributed by atoms with Crippen LogP contribution in [0.5, 0.6) is 5.75 Å². The minimum absolute atomic E-state index is 0. The van der Waals surface area contributed by atoms with Gasteiger partial charge >= 0.3 is 0 Å². The van der Waals surface area contributed by atoms with E-state index < -0.39 is 0 Å². The number of methoxy groups -OCH3 is 2. The fourth-order valence-electron chi connectivity index (χ4n) is 2.65. The van der Waals surface area contributed by atoms with E-state index in [2.05, 4.69) is 51.3 Å². The Labute approximate surface area is 176 Å². The fourth-order valence-corrected chi connectivity index (χ4v) is 2.65. The van der Waals surface area contributed by atoms with Crippen molar-refractivity contribution in [1.29, 1.82) is 0 Å². The molecule has 0 spiro atoms. The molecule has 0 aliphatic heterocycles. The van der Waals surface area contributed by atoms with Crippen LogP contribution < -0.4 is 15.4 Å². The number of hydrogen-bond donors (Lipinski definition) is 2. The van der Waals surface area contributed by atoms with Crippen LogP contribution in [0.3, 0.4) is 0 Å². The van der Waals surface area contributed by atoms with Gasteiger partial charge in [0.1, 0.15) is 5.75 Å². The third-order valence-corrected chi connectivity index (χ3v) is 4.26. The van der Waals surface area contributed by atoms with E-state index in [4.69, 9.17) is 14.5 Å². The number of aliphatic imine (C=N–C) groups is 1. The maximum atomic E-state index is 5.59. The van der Waals surface area contributed by atoms with Crippen LogP contribution in [0.1, 0.15) is 46.1 Å².